The minimum atomic E-state index is -4.90. The van der Waals surface area contributed by atoms with Crippen LogP contribution in [0, 0.1) is 30.3 Å². The fraction of sp³-hybridized carbons (Fsp3) is 0.0714. The molecule has 0 heterocycles. The molecule has 2 aromatic rings. The van der Waals surface area contributed by atoms with Gasteiger partial charge in [-0.3, -0.25) is 35.3 Å². The number of nitro groups is 3. The molecule has 0 amide bonds. The monoisotopic (exact) mass is 400 g/mol. The molecule has 146 valence electrons. The highest BCUT2D eigenvalue weighted by Gasteiger charge is 2.31. The average molecular weight is 400 g/mol. The maximum Gasteiger partial charge on any atom is 0.573 e. The van der Waals surface area contributed by atoms with Crippen LogP contribution in [0.15, 0.2) is 41.4 Å². The van der Waals surface area contributed by atoms with Crippen molar-refractivity contribution in [3.8, 4) is 5.75 Å². The Morgan fingerprint density at radius 2 is 1.39 bits per heavy atom. The van der Waals surface area contributed by atoms with Crippen LogP contribution in [-0.4, -0.2) is 27.3 Å². The van der Waals surface area contributed by atoms with Gasteiger partial charge in [0.2, 0.25) is 0 Å². The molecule has 0 spiro atoms. The van der Waals surface area contributed by atoms with Gasteiger partial charge in [-0.1, -0.05) is 0 Å². The number of hydrogen-bond acceptors (Lipinski definition) is 8. The number of nitrogens with zero attached hydrogens (tertiary/aromatic N) is 4. The molecule has 0 fully saturated rings. The van der Waals surface area contributed by atoms with Gasteiger partial charge in [-0.25, -0.2) is 0 Å². The van der Waals surface area contributed by atoms with E-state index in [4.69, 9.17) is 0 Å². The Morgan fingerprint density at radius 3 is 1.79 bits per heavy atom. The number of rotatable bonds is 6. The summed E-state index contributed by atoms with van der Waals surface area (Å²) in [5.74, 6) is -0.543. The van der Waals surface area contributed by atoms with Crippen LogP contribution in [0.4, 0.5) is 35.9 Å². The summed E-state index contributed by atoms with van der Waals surface area (Å²) in [5, 5.41) is 33.1. The molecule has 2 rings (SSSR count). The maximum absolute atomic E-state index is 12.1. The molecule has 14 heteroatoms. The summed E-state index contributed by atoms with van der Waals surface area (Å²) in [5.41, 5.74) is -3.33. The topological polar surface area (TPSA) is 151 Å². The molecule has 0 saturated heterocycles. The highest BCUT2D eigenvalue weighted by atomic mass is 19.4. The van der Waals surface area contributed by atoms with Gasteiger partial charge < -0.3 is 4.74 Å². The molecule has 0 aliphatic heterocycles. The third-order valence-electron chi connectivity index (χ3n) is 3.14. The third kappa shape index (κ3) is 4.96. The normalized spacial score (nSPS) is 11.4. The molecule has 0 aliphatic carbocycles. The van der Waals surface area contributed by atoms with Gasteiger partial charge in [-0.05, 0) is 24.3 Å². The van der Waals surface area contributed by atoms with Crippen LogP contribution in [0.3, 0.4) is 0 Å². The quantitative estimate of drug-likeness (QED) is 0.403. The number of aliphatic imine (C=N–C) groups is 1. The Balaban J connectivity index is 2.45. The summed E-state index contributed by atoms with van der Waals surface area (Å²) in [7, 11) is 0. The predicted molar refractivity (Wildman–Crippen MR) is 86.8 cm³/mol. The number of alkyl halides is 3. The summed E-state index contributed by atoms with van der Waals surface area (Å²) >= 11 is 0. The van der Waals surface area contributed by atoms with E-state index in [-0.39, 0.29) is 5.69 Å². The Kier molecular flexibility index (Phi) is 5.52. The van der Waals surface area contributed by atoms with Crippen molar-refractivity contribution in [2.75, 3.05) is 0 Å². The lowest BCUT2D eigenvalue weighted by atomic mass is 10.1. The molecular weight excluding hydrogens is 393 g/mol. The van der Waals surface area contributed by atoms with Gasteiger partial charge in [0.25, 0.3) is 17.1 Å². The Labute approximate surface area is 152 Å². The van der Waals surface area contributed by atoms with Crippen LogP contribution in [0.25, 0.3) is 0 Å². The molecule has 0 atom stereocenters. The second kappa shape index (κ2) is 7.65. The summed E-state index contributed by atoms with van der Waals surface area (Å²) in [4.78, 5) is 33.7. The summed E-state index contributed by atoms with van der Waals surface area (Å²) in [6, 6.07) is 5.04. The summed E-state index contributed by atoms with van der Waals surface area (Å²) in [6.45, 7) is 0. The van der Waals surface area contributed by atoms with Crippen molar-refractivity contribution >= 4 is 29.0 Å². The van der Waals surface area contributed by atoms with Crippen LogP contribution in [-0.2, 0) is 0 Å². The van der Waals surface area contributed by atoms with Gasteiger partial charge in [-0.15, -0.1) is 13.2 Å². The molecule has 0 aromatic heterocycles. The van der Waals surface area contributed by atoms with Crippen molar-refractivity contribution in [3.05, 3.63) is 72.3 Å². The lowest BCUT2D eigenvalue weighted by Gasteiger charge is -2.08. The van der Waals surface area contributed by atoms with Crippen molar-refractivity contribution in [2.45, 2.75) is 6.36 Å². The maximum atomic E-state index is 12.1. The summed E-state index contributed by atoms with van der Waals surface area (Å²) in [6.07, 6.45) is -4.18. The van der Waals surface area contributed by atoms with Gasteiger partial charge in [0.15, 0.2) is 0 Å². The van der Waals surface area contributed by atoms with Gasteiger partial charge in [0.05, 0.1) is 32.6 Å². The fourth-order valence-corrected chi connectivity index (χ4v) is 2.02. The van der Waals surface area contributed by atoms with Crippen molar-refractivity contribution in [3.63, 3.8) is 0 Å². The van der Waals surface area contributed by atoms with Gasteiger partial charge in [-0.2, -0.15) is 0 Å². The zero-order valence-electron chi connectivity index (χ0n) is 13.3. The highest BCUT2D eigenvalue weighted by molar-refractivity contribution is 5.93. The minimum Gasteiger partial charge on any atom is -0.406 e. The lowest BCUT2D eigenvalue weighted by Crippen LogP contribution is -2.16. The van der Waals surface area contributed by atoms with E-state index in [1.807, 2.05) is 0 Å². The SMILES string of the molecule is O=[N+]([O-])c1cc([N+](=O)[O-])c(C=Nc2ccc(OC(F)(F)F)cc2)c([N+](=O)[O-])c1. The number of halogens is 3. The van der Waals surface area contributed by atoms with E-state index in [2.05, 4.69) is 9.73 Å². The molecule has 0 unspecified atom stereocenters. The van der Waals surface area contributed by atoms with E-state index in [1.165, 1.54) is 0 Å². The molecule has 0 bridgehead atoms. The summed E-state index contributed by atoms with van der Waals surface area (Å²) < 4.78 is 40.0. The van der Waals surface area contributed by atoms with E-state index in [9.17, 15) is 43.5 Å². The van der Waals surface area contributed by atoms with Crippen molar-refractivity contribution < 1.29 is 32.7 Å². The van der Waals surface area contributed by atoms with Crippen LogP contribution >= 0.6 is 0 Å². The van der Waals surface area contributed by atoms with E-state index >= 15 is 0 Å². The molecule has 0 radical (unpaired) electrons. The predicted octanol–water partition coefficient (Wildman–Crippen LogP) is 4.06. The minimum absolute atomic E-state index is 0.00327. The first kappa shape index (κ1) is 20.2. The second-order valence-corrected chi connectivity index (χ2v) is 4.97. The van der Waals surface area contributed by atoms with E-state index < -0.39 is 49.5 Å². The number of ether oxygens (including phenoxy) is 1. The number of non-ortho nitro benzene ring substituents is 1. The first-order chi connectivity index (χ1) is 13.0. The first-order valence-corrected chi connectivity index (χ1v) is 6.99. The van der Waals surface area contributed by atoms with Crippen LogP contribution in [0.2, 0.25) is 0 Å². The van der Waals surface area contributed by atoms with Crippen LogP contribution < -0.4 is 4.74 Å². The van der Waals surface area contributed by atoms with Gasteiger partial charge in [0, 0.05) is 6.21 Å². The Bertz CT molecular complexity index is 939. The number of hydrogen-bond donors (Lipinski definition) is 0. The number of nitro benzene ring substituents is 3. The van der Waals surface area contributed by atoms with Crippen molar-refractivity contribution in [2.24, 2.45) is 4.99 Å². The zero-order valence-corrected chi connectivity index (χ0v) is 13.3. The fourth-order valence-electron chi connectivity index (χ4n) is 2.02. The lowest BCUT2D eigenvalue weighted by molar-refractivity contribution is -0.403. The molecule has 2 aromatic carbocycles. The number of benzene rings is 2. The average Bonchev–Trinajstić information content (AvgIpc) is 2.58. The van der Waals surface area contributed by atoms with E-state index in [1.54, 1.807) is 0 Å². The Hall–Kier alpha value is -4.10. The smallest absolute Gasteiger partial charge is 0.406 e. The van der Waals surface area contributed by atoms with Crippen LogP contribution in [0.1, 0.15) is 5.56 Å². The van der Waals surface area contributed by atoms with Gasteiger partial charge in [0.1, 0.15) is 11.3 Å². The van der Waals surface area contributed by atoms with Crippen LogP contribution in [0.5, 0.6) is 5.75 Å². The van der Waals surface area contributed by atoms with Crippen molar-refractivity contribution in [1.29, 1.82) is 0 Å². The third-order valence-corrected chi connectivity index (χ3v) is 3.14. The van der Waals surface area contributed by atoms with E-state index in [0.29, 0.717) is 12.1 Å². The van der Waals surface area contributed by atoms with E-state index in [0.717, 1.165) is 30.5 Å². The molecule has 11 nitrogen and oxygen atoms in total. The molecule has 0 aliphatic rings. The largest absolute Gasteiger partial charge is 0.573 e. The second-order valence-electron chi connectivity index (χ2n) is 4.97. The molecule has 0 N–H and O–H groups in total. The van der Waals surface area contributed by atoms with Gasteiger partial charge >= 0.3 is 6.36 Å². The standard InChI is InChI=1S/C14H7F3N4O7/c15-14(16,17)28-10-3-1-8(2-4-10)18-7-11-12(20(24)25)5-9(19(22)23)6-13(11)21(26)27/h1-7H. The molecule has 0 saturated carbocycles. The zero-order chi connectivity index (χ0) is 21.1. The Morgan fingerprint density at radius 1 is 0.893 bits per heavy atom. The molecular formula is C14H7F3N4O7. The van der Waals surface area contributed by atoms with Crippen molar-refractivity contribution in [1.82, 2.24) is 0 Å². The molecule has 28 heavy (non-hydrogen) atoms. The first-order valence-electron chi connectivity index (χ1n) is 6.99. The highest BCUT2D eigenvalue weighted by Crippen LogP contribution is 2.33.